The van der Waals surface area contributed by atoms with E-state index >= 15 is 4.39 Å². The van der Waals surface area contributed by atoms with E-state index in [2.05, 4.69) is 25.5 Å². The van der Waals surface area contributed by atoms with Crippen LogP contribution < -0.4 is 20.4 Å². The number of likely N-dealkylation sites (N-methyl/N-ethyl adjacent to an activating group) is 1. The average molecular weight is 594 g/mol. The quantitative estimate of drug-likeness (QED) is 0.511. The summed E-state index contributed by atoms with van der Waals surface area (Å²) in [6.07, 6.45) is -2.57. The summed E-state index contributed by atoms with van der Waals surface area (Å²) in [5.41, 5.74) is 0.997. The van der Waals surface area contributed by atoms with E-state index in [-0.39, 0.29) is 23.4 Å². The van der Waals surface area contributed by atoms with Gasteiger partial charge in [-0.1, -0.05) is 0 Å². The lowest BCUT2D eigenvalue weighted by atomic mass is 9.84. The first kappa shape index (κ1) is 30.0. The number of nitrogens with one attached hydrogen (secondary N) is 2. The molecule has 2 aromatic rings. The molecule has 0 spiro atoms. The van der Waals surface area contributed by atoms with Gasteiger partial charge in [0.2, 0.25) is 17.8 Å². The van der Waals surface area contributed by atoms with Crippen molar-refractivity contribution in [2.24, 2.45) is 11.8 Å². The van der Waals surface area contributed by atoms with E-state index in [4.69, 9.17) is 4.74 Å². The number of morpholine rings is 1. The second-order valence-electron chi connectivity index (χ2n) is 11.3. The monoisotopic (exact) mass is 593 g/mol. The van der Waals surface area contributed by atoms with Gasteiger partial charge in [-0.2, -0.15) is 13.2 Å². The molecule has 228 valence electrons. The zero-order valence-electron chi connectivity index (χ0n) is 23.7. The van der Waals surface area contributed by atoms with Gasteiger partial charge in [-0.3, -0.25) is 9.59 Å². The zero-order valence-corrected chi connectivity index (χ0v) is 23.7. The fraction of sp³-hybridized carbons (Fsp3) is 0.571. The number of benzene rings is 1. The number of amides is 2. The average Bonchev–Trinajstić information content (AvgIpc) is 2.95. The molecule has 2 amide bonds. The molecule has 4 heterocycles. The number of halogens is 4. The SMILES string of the molecule is C[C@H]1CN(c2ncc(-c3cc(NC(=O)C4CNC(=O)CC4C(F)(F)F)c(N4CCN(C)[C@@H](C)C4)cc3F)cn2)CCO1. The maximum Gasteiger partial charge on any atom is 0.393 e. The van der Waals surface area contributed by atoms with Crippen LogP contribution in [0.25, 0.3) is 11.1 Å². The summed E-state index contributed by atoms with van der Waals surface area (Å²) in [5.74, 6) is -5.41. The topological polar surface area (TPSA) is 103 Å². The third-order valence-corrected chi connectivity index (χ3v) is 8.28. The third-order valence-electron chi connectivity index (χ3n) is 8.28. The molecular formula is C28H35F4N7O3. The summed E-state index contributed by atoms with van der Waals surface area (Å²) in [6.45, 7) is 7.03. The first-order valence-electron chi connectivity index (χ1n) is 14.0. The summed E-state index contributed by atoms with van der Waals surface area (Å²) in [7, 11) is 1.98. The molecular weight excluding hydrogens is 558 g/mol. The molecule has 5 rings (SSSR count). The number of carbonyl (C=O) groups excluding carboxylic acids is 2. The fourth-order valence-electron chi connectivity index (χ4n) is 5.66. The van der Waals surface area contributed by atoms with Gasteiger partial charge in [0.25, 0.3) is 0 Å². The zero-order chi connectivity index (χ0) is 30.2. The van der Waals surface area contributed by atoms with Crippen LogP contribution in [-0.4, -0.2) is 97.9 Å². The van der Waals surface area contributed by atoms with Crippen LogP contribution >= 0.6 is 0 Å². The minimum Gasteiger partial charge on any atom is -0.375 e. The molecule has 2 N–H and O–H groups in total. The second-order valence-corrected chi connectivity index (χ2v) is 11.3. The lowest BCUT2D eigenvalue weighted by Gasteiger charge is -2.40. The summed E-state index contributed by atoms with van der Waals surface area (Å²) in [5, 5.41) is 5.02. The van der Waals surface area contributed by atoms with Crippen LogP contribution in [0.1, 0.15) is 20.3 Å². The van der Waals surface area contributed by atoms with E-state index in [1.807, 2.05) is 30.7 Å². The molecule has 0 radical (unpaired) electrons. The number of hydrogen-bond acceptors (Lipinski definition) is 8. The number of hydrogen-bond donors (Lipinski definition) is 2. The number of nitrogens with zero attached hydrogens (tertiary/aromatic N) is 5. The largest absolute Gasteiger partial charge is 0.393 e. The van der Waals surface area contributed by atoms with Gasteiger partial charge in [0.15, 0.2) is 0 Å². The predicted octanol–water partition coefficient (Wildman–Crippen LogP) is 2.90. The van der Waals surface area contributed by atoms with Crippen molar-refractivity contribution in [3.63, 3.8) is 0 Å². The molecule has 3 fully saturated rings. The highest BCUT2D eigenvalue weighted by molar-refractivity contribution is 5.98. The molecule has 4 atom stereocenters. The Morgan fingerprint density at radius 2 is 1.83 bits per heavy atom. The van der Waals surface area contributed by atoms with Gasteiger partial charge in [0, 0.05) is 75.3 Å². The highest BCUT2D eigenvalue weighted by Crippen LogP contribution is 2.39. The van der Waals surface area contributed by atoms with Crippen molar-refractivity contribution in [2.75, 3.05) is 68.0 Å². The minimum absolute atomic E-state index is 0.0184. The molecule has 3 saturated heterocycles. The Balaban J connectivity index is 1.47. The lowest BCUT2D eigenvalue weighted by molar-refractivity contribution is -0.197. The Morgan fingerprint density at radius 3 is 2.50 bits per heavy atom. The molecule has 42 heavy (non-hydrogen) atoms. The Hall–Kier alpha value is -3.52. The number of piperidine rings is 1. The Kier molecular flexibility index (Phi) is 8.56. The standard InChI is InChI=1S/C28H35F4N7O3/c1-16-14-38(5-4-37(16)3)24-10-22(29)19(18-11-34-27(35-12-18)39-6-7-42-17(2)15-39)8-23(24)36-26(41)20-13-33-25(40)9-21(20)28(30,31)32/h8,10-12,16-17,20-21H,4-7,9,13-15H2,1-3H3,(H,33,40)(H,36,41)/t16-,17-,20?,21?/m0/s1. The van der Waals surface area contributed by atoms with Gasteiger partial charge in [0.05, 0.1) is 35.9 Å². The smallest absolute Gasteiger partial charge is 0.375 e. The van der Waals surface area contributed by atoms with Crippen molar-refractivity contribution >= 4 is 29.1 Å². The van der Waals surface area contributed by atoms with Crippen LogP contribution in [0.5, 0.6) is 0 Å². The van der Waals surface area contributed by atoms with E-state index in [1.54, 1.807) is 0 Å². The molecule has 1 aromatic heterocycles. The van der Waals surface area contributed by atoms with Crippen molar-refractivity contribution in [3.8, 4) is 11.1 Å². The number of carbonyl (C=O) groups is 2. The van der Waals surface area contributed by atoms with E-state index < -0.39 is 48.6 Å². The normalized spacial score (nSPS) is 25.7. The number of ether oxygens (including phenoxy) is 1. The number of rotatable bonds is 5. The van der Waals surface area contributed by atoms with Gasteiger partial charge in [-0.25, -0.2) is 14.4 Å². The molecule has 3 aliphatic rings. The number of anilines is 3. The summed E-state index contributed by atoms with van der Waals surface area (Å²) < 4.78 is 62.6. The van der Waals surface area contributed by atoms with Gasteiger partial charge >= 0.3 is 6.18 Å². The highest BCUT2D eigenvalue weighted by Gasteiger charge is 2.50. The molecule has 0 saturated carbocycles. The third kappa shape index (κ3) is 6.43. The van der Waals surface area contributed by atoms with E-state index in [9.17, 15) is 22.8 Å². The van der Waals surface area contributed by atoms with Gasteiger partial charge in [-0.15, -0.1) is 0 Å². The Bertz CT molecular complexity index is 1310. The van der Waals surface area contributed by atoms with Gasteiger partial charge < -0.3 is 30.1 Å². The van der Waals surface area contributed by atoms with E-state index in [1.165, 1.54) is 24.5 Å². The maximum atomic E-state index is 15.7. The van der Waals surface area contributed by atoms with Crippen molar-refractivity contribution in [1.29, 1.82) is 0 Å². The van der Waals surface area contributed by atoms with Crippen LogP contribution in [0.2, 0.25) is 0 Å². The minimum atomic E-state index is -4.74. The molecule has 1 aromatic carbocycles. The van der Waals surface area contributed by atoms with Crippen LogP contribution in [0.15, 0.2) is 24.5 Å². The Morgan fingerprint density at radius 1 is 1.10 bits per heavy atom. The summed E-state index contributed by atoms with van der Waals surface area (Å²) in [4.78, 5) is 39.9. The van der Waals surface area contributed by atoms with Crippen molar-refractivity contribution in [3.05, 3.63) is 30.3 Å². The van der Waals surface area contributed by atoms with Gasteiger partial charge in [0.1, 0.15) is 5.82 Å². The molecule has 0 aliphatic carbocycles. The summed E-state index contributed by atoms with van der Waals surface area (Å²) in [6, 6.07) is 2.84. The number of alkyl halides is 3. The summed E-state index contributed by atoms with van der Waals surface area (Å²) >= 11 is 0. The van der Waals surface area contributed by atoms with Gasteiger partial charge in [-0.05, 0) is 33.0 Å². The molecule has 2 unspecified atom stereocenters. The van der Waals surface area contributed by atoms with Crippen LogP contribution in [-0.2, 0) is 14.3 Å². The molecule has 10 nitrogen and oxygen atoms in total. The molecule has 3 aliphatic heterocycles. The van der Waals surface area contributed by atoms with Crippen LogP contribution in [0.4, 0.5) is 34.9 Å². The van der Waals surface area contributed by atoms with Crippen molar-refractivity contribution in [1.82, 2.24) is 20.2 Å². The highest BCUT2D eigenvalue weighted by atomic mass is 19.4. The first-order chi connectivity index (χ1) is 19.9. The molecule has 0 bridgehead atoms. The maximum absolute atomic E-state index is 15.7. The number of aromatic nitrogens is 2. The van der Waals surface area contributed by atoms with Crippen molar-refractivity contribution < 1.29 is 31.9 Å². The van der Waals surface area contributed by atoms with E-state index in [0.29, 0.717) is 56.5 Å². The second kappa shape index (κ2) is 12.0. The Labute approximate surface area is 241 Å². The number of piperazine rings is 1. The fourth-order valence-corrected chi connectivity index (χ4v) is 5.66. The first-order valence-corrected chi connectivity index (χ1v) is 14.0. The van der Waals surface area contributed by atoms with E-state index in [0.717, 1.165) is 0 Å². The van der Waals surface area contributed by atoms with Crippen LogP contribution in [0.3, 0.4) is 0 Å². The molecule has 14 heteroatoms. The van der Waals surface area contributed by atoms with Crippen LogP contribution in [0, 0.1) is 17.7 Å². The predicted molar refractivity (Wildman–Crippen MR) is 149 cm³/mol. The lowest BCUT2D eigenvalue weighted by Crippen LogP contribution is -2.51. The van der Waals surface area contributed by atoms with Crippen molar-refractivity contribution in [2.45, 2.75) is 38.6 Å².